The Kier molecular flexibility index (Phi) is 7.12. The summed E-state index contributed by atoms with van der Waals surface area (Å²) in [5, 5.41) is 1.67. The van der Waals surface area contributed by atoms with E-state index >= 15 is 0 Å². The summed E-state index contributed by atoms with van der Waals surface area (Å²) in [5.41, 5.74) is -0.0895. The first-order chi connectivity index (χ1) is 15.6. The average molecular weight is 478 g/mol. The average Bonchev–Trinajstić information content (AvgIpc) is 3.24. The van der Waals surface area contributed by atoms with Gasteiger partial charge in [0.15, 0.2) is 5.13 Å². The number of ether oxygens (including phenoxy) is 2. The van der Waals surface area contributed by atoms with E-state index in [1.807, 2.05) is 0 Å². The molecule has 0 aliphatic rings. The quantitative estimate of drug-likeness (QED) is 0.464. The molecule has 0 spiro atoms. The number of hydrogen-bond donors (Lipinski definition) is 0. The fourth-order valence-corrected chi connectivity index (χ4v) is 3.67. The molecular formula is C22H17F3N2O5S. The molecule has 0 saturated heterocycles. The van der Waals surface area contributed by atoms with Crippen molar-refractivity contribution in [2.24, 2.45) is 0 Å². The minimum Gasteiger partial charge on any atom is -0.465 e. The van der Waals surface area contributed by atoms with Gasteiger partial charge in [-0.15, -0.1) is 11.3 Å². The molecule has 0 aliphatic heterocycles. The number of rotatable bonds is 6. The third kappa shape index (κ3) is 5.75. The van der Waals surface area contributed by atoms with Crippen molar-refractivity contribution in [2.75, 3.05) is 12.0 Å². The zero-order valence-corrected chi connectivity index (χ0v) is 18.2. The number of thiazole rings is 1. The fraction of sp³-hybridized carbons (Fsp3) is 0.182. The Hall–Kier alpha value is -3.73. The number of hydrogen-bond acceptors (Lipinski definition) is 7. The Morgan fingerprint density at radius 1 is 1.03 bits per heavy atom. The number of nitrogens with zero attached hydrogens (tertiary/aromatic N) is 2. The van der Waals surface area contributed by atoms with Gasteiger partial charge in [0, 0.05) is 12.3 Å². The van der Waals surface area contributed by atoms with Gasteiger partial charge in [-0.3, -0.25) is 9.69 Å². The van der Waals surface area contributed by atoms with Crippen LogP contribution in [0, 0.1) is 0 Å². The first kappa shape index (κ1) is 23.9. The van der Waals surface area contributed by atoms with Crippen molar-refractivity contribution < 1.29 is 37.0 Å². The Morgan fingerprint density at radius 2 is 1.67 bits per heavy atom. The molecule has 0 aliphatic carbocycles. The molecule has 0 bridgehead atoms. The molecule has 0 atom stereocenters. The second-order valence-electron chi connectivity index (χ2n) is 6.67. The zero-order valence-electron chi connectivity index (χ0n) is 17.4. The summed E-state index contributed by atoms with van der Waals surface area (Å²) in [7, 11) is 1.24. The van der Waals surface area contributed by atoms with Crippen LogP contribution in [0.3, 0.4) is 0 Å². The van der Waals surface area contributed by atoms with Gasteiger partial charge in [0.05, 0.1) is 35.2 Å². The van der Waals surface area contributed by atoms with Gasteiger partial charge in [0.2, 0.25) is 5.91 Å². The maximum absolute atomic E-state index is 13.0. The van der Waals surface area contributed by atoms with Crippen LogP contribution in [-0.2, 0) is 27.1 Å². The smallest absolute Gasteiger partial charge is 0.416 e. The second kappa shape index (κ2) is 9.82. The maximum Gasteiger partial charge on any atom is 0.416 e. The molecule has 1 amide bonds. The van der Waals surface area contributed by atoms with Crippen molar-refractivity contribution in [2.45, 2.75) is 19.7 Å². The van der Waals surface area contributed by atoms with Gasteiger partial charge < -0.3 is 9.47 Å². The molecule has 33 heavy (non-hydrogen) atoms. The molecule has 1 aromatic heterocycles. The first-order valence-corrected chi connectivity index (χ1v) is 10.3. The van der Waals surface area contributed by atoms with Crippen molar-refractivity contribution in [1.82, 2.24) is 4.98 Å². The van der Waals surface area contributed by atoms with E-state index in [9.17, 15) is 27.6 Å². The molecule has 0 saturated carbocycles. The number of methoxy groups -OCH3 is 1. The number of anilines is 2. The van der Waals surface area contributed by atoms with Gasteiger partial charge in [-0.2, -0.15) is 13.2 Å². The molecule has 3 rings (SSSR count). The van der Waals surface area contributed by atoms with E-state index < -0.39 is 29.6 Å². The van der Waals surface area contributed by atoms with Gasteiger partial charge in [-0.1, -0.05) is 6.07 Å². The van der Waals surface area contributed by atoms with Crippen molar-refractivity contribution in [3.8, 4) is 0 Å². The Labute approximate surface area is 190 Å². The van der Waals surface area contributed by atoms with E-state index in [0.29, 0.717) is 5.69 Å². The number of aromatic nitrogens is 1. The summed E-state index contributed by atoms with van der Waals surface area (Å²) in [4.78, 5) is 41.1. The lowest BCUT2D eigenvalue weighted by molar-refractivity contribution is -0.137. The van der Waals surface area contributed by atoms with Crippen molar-refractivity contribution in [3.63, 3.8) is 0 Å². The van der Waals surface area contributed by atoms with Crippen LogP contribution in [-0.4, -0.2) is 29.9 Å². The van der Waals surface area contributed by atoms with Crippen LogP contribution in [0.4, 0.5) is 24.0 Å². The zero-order chi connectivity index (χ0) is 24.2. The highest BCUT2D eigenvalue weighted by atomic mass is 32.1. The van der Waals surface area contributed by atoms with Crippen LogP contribution in [0.5, 0.6) is 0 Å². The number of alkyl halides is 3. The lowest BCUT2D eigenvalue weighted by Gasteiger charge is -2.19. The van der Waals surface area contributed by atoms with Crippen LogP contribution in [0.1, 0.15) is 38.9 Å². The predicted molar refractivity (Wildman–Crippen MR) is 113 cm³/mol. The minimum atomic E-state index is -4.56. The highest BCUT2D eigenvalue weighted by molar-refractivity contribution is 7.14. The van der Waals surface area contributed by atoms with Crippen LogP contribution in [0.25, 0.3) is 0 Å². The molecule has 1 heterocycles. The number of esters is 2. The molecule has 2 aromatic carbocycles. The number of amides is 1. The molecule has 11 heteroatoms. The number of halogens is 3. The number of carbonyl (C=O) groups is 3. The van der Waals surface area contributed by atoms with E-state index in [2.05, 4.69) is 9.72 Å². The maximum atomic E-state index is 13.0. The number of carbonyl (C=O) groups excluding carboxylic acids is 3. The van der Waals surface area contributed by atoms with Crippen LogP contribution in [0.2, 0.25) is 0 Å². The number of benzene rings is 2. The molecule has 0 radical (unpaired) electrons. The molecule has 172 valence electrons. The summed E-state index contributed by atoms with van der Waals surface area (Å²) in [5.74, 6) is -1.74. The summed E-state index contributed by atoms with van der Waals surface area (Å²) >= 11 is 1.02. The van der Waals surface area contributed by atoms with Crippen LogP contribution in [0.15, 0.2) is 53.9 Å². The molecule has 0 N–H and O–H groups in total. The molecule has 0 fully saturated rings. The van der Waals surface area contributed by atoms with Gasteiger partial charge in [-0.05, 0) is 42.5 Å². The van der Waals surface area contributed by atoms with Gasteiger partial charge in [0.25, 0.3) is 0 Å². The minimum absolute atomic E-state index is 0.0147. The standard InChI is InChI=1S/C22H17F3N2O5S/c1-13(28)27(18-5-3-4-16(10-18)22(23,24)25)21-26-17(12-33-21)11-32-20(30)15-8-6-14(7-9-15)19(29)31-2/h3-10,12H,11H2,1-2H3. The Bertz CT molecular complexity index is 1180. The lowest BCUT2D eigenvalue weighted by Crippen LogP contribution is -2.23. The second-order valence-corrected chi connectivity index (χ2v) is 7.51. The normalized spacial score (nSPS) is 11.1. The monoisotopic (exact) mass is 478 g/mol. The van der Waals surface area contributed by atoms with Gasteiger partial charge >= 0.3 is 18.1 Å². The SMILES string of the molecule is COC(=O)c1ccc(C(=O)OCc2csc(N(C(C)=O)c3cccc(C(F)(F)F)c3)n2)cc1. The third-order valence-corrected chi connectivity index (χ3v) is 5.24. The predicted octanol–water partition coefficient (Wildman–Crippen LogP) is 4.99. The Balaban J connectivity index is 1.72. The van der Waals surface area contributed by atoms with Crippen LogP contribution >= 0.6 is 11.3 Å². The molecule has 3 aromatic rings. The van der Waals surface area contributed by atoms with Crippen molar-refractivity contribution in [1.29, 1.82) is 0 Å². The first-order valence-electron chi connectivity index (χ1n) is 9.38. The summed E-state index contributed by atoms with van der Waals surface area (Å²) < 4.78 is 48.9. The summed E-state index contributed by atoms with van der Waals surface area (Å²) in [6.45, 7) is 0.988. The van der Waals surface area contributed by atoms with E-state index in [1.165, 1.54) is 55.8 Å². The largest absolute Gasteiger partial charge is 0.465 e. The lowest BCUT2D eigenvalue weighted by atomic mass is 10.1. The Morgan fingerprint density at radius 3 is 2.24 bits per heavy atom. The van der Waals surface area contributed by atoms with Gasteiger partial charge in [-0.25, -0.2) is 14.6 Å². The summed E-state index contributed by atoms with van der Waals surface area (Å²) in [6.07, 6.45) is -4.56. The fourth-order valence-electron chi connectivity index (χ4n) is 2.80. The topological polar surface area (TPSA) is 85.8 Å². The van der Waals surface area contributed by atoms with Crippen LogP contribution < -0.4 is 4.90 Å². The van der Waals surface area contributed by atoms with E-state index in [0.717, 1.165) is 28.4 Å². The molecule has 0 unspecified atom stereocenters. The van der Waals surface area contributed by atoms with E-state index in [-0.39, 0.29) is 28.6 Å². The van der Waals surface area contributed by atoms with E-state index in [1.54, 1.807) is 0 Å². The highest BCUT2D eigenvalue weighted by Gasteiger charge is 2.31. The van der Waals surface area contributed by atoms with Gasteiger partial charge in [0.1, 0.15) is 6.61 Å². The van der Waals surface area contributed by atoms with Crippen molar-refractivity contribution >= 4 is 40.0 Å². The molecule has 7 nitrogen and oxygen atoms in total. The third-order valence-electron chi connectivity index (χ3n) is 4.37. The molecular weight excluding hydrogens is 461 g/mol. The van der Waals surface area contributed by atoms with E-state index in [4.69, 9.17) is 4.74 Å². The highest BCUT2D eigenvalue weighted by Crippen LogP contribution is 2.35. The summed E-state index contributed by atoms with van der Waals surface area (Å²) in [6, 6.07) is 10.0. The van der Waals surface area contributed by atoms with Crippen molar-refractivity contribution in [3.05, 3.63) is 76.3 Å².